The number of hydrogen-bond acceptors (Lipinski definition) is 4. The Morgan fingerprint density at radius 1 is 1.17 bits per heavy atom. The highest BCUT2D eigenvalue weighted by Gasteiger charge is 2.23. The Morgan fingerprint density at radius 2 is 1.83 bits per heavy atom. The number of hydrogen-bond donors (Lipinski definition) is 2. The van der Waals surface area contributed by atoms with Crippen LogP contribution in [0.5, 0.6) is 11.5 Å². The molecule has 1 fully saturated rings. The van der Waals surface area contributed by atoms with Crippen molar-refractivity contribution >= 4 is 11.8 Å². The zero-order valence-corrected chi connectivity index (χ0v) is 14.6. The molecule has 2 N–H and O–H groups in total. The molecule has 1 aliphatic heterocycles. The number of piperazine rings is 1. The molecular formula is C17H26N3O4+. The van der Waals surface area contributed by atoms with Crippen LogP contribution in [0, 0.1) is 0 Å². The number of quaternary nitrogens is 1. The van der Waals surface area contributed by atoms with E-state index in [0.717, 1.165) is 18.7 Å². The Labute approximate surface area is 142 Å². The summed E-state index contributed by atoms with van der Waals surface area (Å²) in [5.74, 6) is 1.43. The predicted octanol–water partition coefficient (Wildman–Crippen LogP) is -0.933. The maximum atomic E-state index is 12.1. The molecule has 2 rings (SSSR count). The summed E-state index contributed by atoms with van der Waals surface area (Å²) in [4.78, 5) is 26.4. The van der Waals surface area contributed by atoms with Crippen LogP contribution < -0.4 is 19.7 Å². The van der Waals surface area contributed by atoms with E-state index in [2.05, 4.69) is 5.32 Å². The van der Waals surface area contributed by atoms with Gasteiger partial charge in [0.25, 0.3) is 5.91 Å². The van der Waals surface area contributed by atoms with Crippen molar-refractivity contribution in [2.45, 2.75) is 13.5 Å². The van der Waals surface area contributed by atoms with Crippen molar-refractivity contribution in [2.24, 2.45) is 0 Å². The minimum absolute atomic E-state index is 0.0102. The third kappa shape index (κ3) is 4.86. The van der Waals surface area contributed by atoms with E-state index >= 15 is 0 Å². The van der Waals surface area contributed by atoms with Gasteiger partial charge in [0.2, 0.25) is 5.91 Å². The van der Waals surface area contributed by atoms with Crippen molar-refractivity contribution in [3.8, 4) is 11.5 Å². The van der Waals surface area contributed by atoms with Gasteiger partial charge in [0.05, 0.1) is 40.4 Å². The molecule has 0 saturated carbocycles. The van der Waals surface area contributed by atoms with E-state index in [1.807, 2.05) is 23.1 Å². The van der Waals surface area contributed by atoms with Crippen LogP contribution in [0.2, 0.25) is 0 Å². The van der Waals surface area contributed by atoms with Gasteiger partial charge in [-0.05, 0) is 17.7 Å². The molecule has 1 aromatic rings. The molecule has 2 amide bonds. The highest BCUT2D eigenvalue weighted by atomic mass is 16.5. The number of methoxy groups -OCH3 is 2. The van der Waals surface area contributed by atoms with Gasteiger partial charge in [-0.25, -0.2) is 0 Å². The lowest BCUT2D eigenvalue weighted by Crippen LogP contribution is -3.15. The molecule has 0 bridgehead atoms. The van der Waals surface area contributed by atoms with E-state index in [0.29, 0.717) is 37.7 Å². The number of ether oxygens (including phenoxy) is 2. The molecule has 1 saturated heterocycles. The third-order valence-electron chi connectivity index (χ3n) is 4.26. The van der Waals surface area contributed by atoms with Gasteiger partial charge in [-0.2, -0.15) is 0 Å². The minimum atomic E-state index is 0.0102. The van der Waals surface area contributed by atoms with Crippen molar-refractivity contribution in [3.63, 3.8) is 0 Å². The first-order valence-electron chi connectivity index (χ1n) is 8.10. The zero-order chi connectivity index (χ0) is 17.5. The van der Waals surface area contributed by atoms with Crippen LogP contribution in [-0.2, 0) is 16.1 Å². The lowest BCUT2D eigenvalue weighted by atomic mass is 10.2. The summed E-state index contributed by atoms with van der Waals surface area (Å²) in [6.45, 7) is 5.51. The highest BCUT2D eigenvalue weighted by Crippen LogP contribution is 2.27. The monoisotopic (exact) mass is 336 g/mol. The Balaban J connectivity index is 1.78. The number of nitrogens with one attached hydrogen (secondary N) is 2. The van der Waals surface area contributed by atoms with Crippen molar-refractivity contribution < 1.29 is 24.0 Å². The van der Waals surface area contributed by atoms with Gasteiger partial charge in [0.15, 0.2) is 18.0 Å². The fourth-order valence-corrected chi connectivity index (χ4v) is 2.80. The van der Waals surface area contributed by atoms with E-state index < -0.39 is 0 Å². The standard InChI is InChI=1S/C17H25N3O4/c1-13(21)20-8-6-19(7-9-20)12-17(22)18-11-14-4-5-15(23-2)16(10-14)24-3/h4-5,10H,6-9,11-12H2,1-3H3,(H,18,22)/p+1. The van der Waals surface area contributed by atoms with Crippen molar-refractivity contribution in [2.75, 3.05) is 46.9 Å². The van der Waals surface area contributed by atoms with Crippen LogP contribution in [0.25, 0.3) is 0 Å². The Bertz CT molecular complexity index is 583. The van der Waals surface area contributed by atoms with Crippen LogP contribution in [-0.4, -0.2) is 63.7 Å². The largest absolute Gasteiger partial charge is 0.493 e. The van der Waals surface area contributed by atoms with E-state index in [-0.39, 0.29) is 11.8 Å². The summed E-state index contributed by atoms with van der Waals surface area (Å²) < 4.78 is 10.5. The van der Waals surface area contributed by atoms with Gasteiger partial charge in [0, 0.05) is 13.5 Å². The fraction of sp³-hybridized carbons (Fsp3) is 0.529. The molecule has 1 aromatic carbocycles. The van der Waals surface area contributed by atoms with Crippen molar-refractivity contribution in [1.82, 2.24) is 10.2 Å². The topological polar surface area (TPSA) is 72.3 Å². The fourth-order valence-electron chi connectivity index (χ4n) is 2.80. The molecular weight excluding hydrogens is 310 g/mol. The first-order chi connectivity index (χ1) is 11.5. The number of nitrogens with zero attached hydrogens (tertiary/aromatic N) is 1. The van der Waals surface area contributed by atoms with Gasteiger partial charge in [-0.3, -0.25) is 9.59 Å². The molecule has 0 radical (unpaired) electrons. The van der Waals surface area contributed by atoms with Gasteiger partial charge in [0.1, 0.15) is 0 Å². The summed E-state index contributed by atoms with van der Waals surface area (Å²) >= 11 is 0. The summed E-state index contributed by atoms with van der Waals surface area (Å²) in [6.07, 6.45) is 0. The predicted molar refractivity (Wildman–Crippen MR) is 89.2 cm³/mol. The van der Waals surface area contributed by atoms with Crippen LogP contribution in [0.3, 0.4) is 0 Å². The van der Waals surface area contributed by atoms with E-state index in [9.17, 15) is 9.59 Å². The third-order valence-corrected chi connectivity index (χ3v) is 4.26. The molecule has 7 heteroatoms. The molecule has 0 atom stereocenters. The molecule has 1 aliphatic rings. The highest BCUT2D eigenvalue weighted by molar-refractivity contribution is 5.77. The number of benzene rings is 1. The van der Waals surface area contributed by atoms with Crippen LogP contribution >= 0.6 is 0 Å². The van der Waals surface area contributed by atoms with Crippen LogP contribution in [0.15, 0.2) is 18.2 Å². The van der Waals surface area contributed by atoms with Crippen LogP contribution in [0.1, 0.15) is 12.5 Å². The second kappa shape index (κ2) is 8.54. The number of carbonyl (C=O) groups excluding carboxylic acids is 2. The normalized spacial score (nSPS) is 15.0. The minimum Gasteiger partial charge on any atom is -0.493 e. The SMILES string of the molecule is COc1ccc(CNC(=O)C[NH+]2CCN(C(C)=O)CC2)cc1OC. The molecule has 7 nitrogen and oxygen atoms in total. The second-order valence-electron chi connectivity index (χ2n) is 5.90. The summed E-state index contributed by atoms with van der Waals surface area (Å²) in [5.41, 5.74) is 0.956. The number of carbonyl (C=O) groups is 2. The second-order valence-corrected chi connectivity index (χ2v) is 5.90. The number of rotatable bonds is 6. The Morgan fingerprint density at radius 3 is 2.42 bits per heavy atom. The molecule has 0 spiro atoms. The first-order valence-corrected chi connectivity index (χ1v) is 8.10. The Kier molecular flexibility index (Phi) is 6.43. The average Bonchev–Trinajstić information content (AvgIpc) is 2.60. The lowest BCUT2D eigenvalue weighted by molar-refractivity contribution is -0.896. The molecule has 1 heterocycles. The number of amides is 2. The zero-order valence-electron chi connectivity index (χ0n) is 14.6. The molecule has 132 valence electrons. The molecule has 0 unspecified atom stereocenters. The molecule has 0 aromatic heterocycles. The first kappa shape index (κ1) is 18.1. The van der Waals surface area contributed by atoms with Gasteiger partial charge in [-0.15, -0.1) is 0 Å². The van der Waals surface area contributed by atoms with E-state index in [1.54, 1.807) is 21.1 Å². The van der Waals surface area contributed by atoms with Gasteiger partial charge < -0.3 is 24.6 Å². The summed E-state index contributed by atoms with van der Waals surface area (Å²) in [5, 5.41) is 2.93. The van der Waals surface area contributed by atoms with E-state index in [4.69, 9.17) is 9.47 Å². The maximum Gasteiger partial charge on any atom is 0.275 e. The smallest absolute Gasteiger partial charge is 0.275 e. The van der Waals surface area contributed by atoms with Crippen LogP contribution in [0.4, 0.5) is 0 Å². The average molecular weight is 336 g/mol. The quantitative estimate of drug-likeness (QED) is 0.704. The summed E-state index contributed by atoms with van der Waals surface area (Å²) in [7, 11) is 3.18. The van der Waals surface area contributed by atoms with Crippen molar-refractivity contribution in [1.29, 1.82) is 0 Å². The van der Waals surface area contributed by atoms with E-state index in [1.165, 1.54) is 4.90 Å². The van der Waals surface area contributed by atoms with Crippen molar-refractivity contribution in [3.05, 3.63) is 23.8 Å². The van der Waals surface area contributed by atoms with Gasteiger partial charge in [-0.1, -0.05) is 6.07 Å². The molecule has 24 heavy (non-hydrogen) atoms. The lowest BCUT2D eigenvalue weighted by Gasteiger charge is -2.31. The van der Waals surface area contributed by atoms with Gasteiger partial charge >= 0.3 is 0 Å². The Hall–Kier alpha value is -2.28. The maximum absolute atomic E-state index is 12.1. The molecule has 0 aliphatic carbocycles. The summed E-state index contributed by atoms with van der Waals surface area (Å²) in [6, 6.07) is 5.59.